The summed E-state index contributed by atoms with van der Waals surface area (Å²) in [6, 6.07) is 3.74. The molecular weight excluding hydrogens is 192 g/mol. The predicted molar refractivity (Wildman–Crippen MR) is 56.7 cm³/mol. The van der Waals surface area contributed by atoms with Gasteiger partial charge in [-0.3, -0.25) is 9.69 Å². The van der Waals surface area contributed by atoms with Gasteiger partial charge in [-0.25, -0.2) is 0 Å². The van der Waals surface area contributed by atoms with Crippen molar-refractivity contribution >= 4 is 5.97 Å². The summed E-state index contributed by atoms with van der Waals surface area (Å²) in [4.78, 5) is 16.1. The molecule has 15 heavy (non-hydrogen) atoms. The summed E-state index contributed by atoms with van der Waals surface area (Å²) in [5, 5.41) is 8.99. The van der Waals surface area contributed by atoms with Gasteiger partial charge in [-0.2, -0.15) is 0 Å². The van der Waals surface area contributed by atoms with E-state index in [1.807, 2.05) is 18.3 Å². The molecule has 2 heterocycles. The van der Waals surface area contributed by atoms with Crippen LogP contribution in [0.5, 0.6) is 0 Å². The smallest absolute Gasteiger partial charge is 0.320 e. The van der Waals surface area contributed by atoms with E-state index in [2.05, 4.69) is 9.88 Å². The van der Waals surface area contributed by atoms with Crippen molar-refractivity contribution in [2.75, 3.05) is 13.1 Å². The summed E-state index contributed by atoms with van der Waals surface area (Å²) in [6.07, 6.45) is 4.59. The Balaban J connectivity index is 1.86. The van der Waals surface area contributed by atoms with Crippen LogP contribution < -0.4 is 0 Å². The highest BCUT2D eigenvalue weighted by Gasteiger charge is 2.29. The fraction of sp³-hybridized carbons (Fsp3) is 0.545. The van der Waals surface area contributed by atoms with Gasteiger partial charge >= 0.3 is 5.97 Å². The van der Waals surface area contributed by atoms with Crippen molar-refractivity contribution in [1.29, 1.82) is 0 Å². The fourth-order valence-corrected chi connectivity index (χ4v) is 2.16. The summed E-state index contributed by atoms with van der Waals surface area (Å²) in [7, 11) is 0. The van der Waals surface area contributed by atoms with Crippen molar-refractivity contribution in [3.05, 3.63) is 24.0 Å². The minimum atomic E-state index is -0.681. The van der Waals surface area contributed by atoms with Gasteiger partial charge in [0, 0.05) is 24.9 Å². The van der Waals surface area contributed by atoms with Crippen LogP contribution in [0.3, 0.4) is 0 Å². The highest BCUT2D eigenvalue weighted by atomic mass is 16.4. The topological polar surface area (TPSA) is 56.3 Å². The first kappa shape index (κ1) is 10.2. The van der Waals surface area contributed by atoms with E-state index in [0.717, 1.165) is 32.4 Å². The average molecular weight is 208 g/mol. The van der Waals surface area contributed by atoms with Gasteiger partial charge in [-0.1, -0.05) is 0 Å². The molecule has 1 atom stereocenters. The van der Waals surface area contributed by atoms with Crippen molar-refractivity contribution in [3.8, 4) is 0 Å². The number of aromatic nitrogens is 1. The van der Waals surface area contributed by atoms with Gasteiger partial charge in [-0.15, -0.1) is 0 Å². The Morgan fingerprint density at radius 2 is 2.53 bits per heavy atom. The molecule has 0 unspecified atom stereocenters. The van der Waals surface area contributed by atoms with E-state index >= 15 is 0 Å². The summed E-state index contributed by atoms with van der Waals surface area (Å²) >= 11 is 0. The maximum atomic E-state index is 10.9. The summed E-state index contributed by atoms with van der Waals surface area (Å²) < 4.78 is 0. The molecule has 82 valence electrons. The molecule has 1 aliphatic rings. The van der Waals surface area contributed by atoms with Gasteiger partial charge in [0.1, 0.15) is 6.04 Å². The first-order valence-corrected chi connectivity index (χ1v) is 5.36. The van der Waals surface area contributed by atoms with Gasteiger partial charge in [0.2, 0.25) is 0 Å². The van der Waals surface area contributed by atoms with E-state index < -0.39 is 5.97 Å². The summed E-state index contributed by atoms with van der Waals surface area (Å²) in [5.41, 5.74) is 1.17. The number of rotatable bonds is 4. The van der Waals surface area contributed by atoms with Crippen molar-refractivity contribution in [1.82, 2.24) is 9.88 Å². The van der Waals surface area contributed by atoms with E-state index in [0.29, 0.717) is 0 Å². The Kier molecular flexibility index (Phi) is 3.06. The number of hydrogen-bond donors (Lipinski definition) is 2. The molecule has 1 aromatic heterocycles. The van der Waals surface area contributed by atoms with Crippen LogP contribution in [0.25, 0.3) is 0 Å². The first-order chi connectivity index (χ1) is 7.27. The molecule has 0 aromatic carbocycles. The molecule has 2 N–H and O–H groups in total. The number of carboxylic acid groups (broad SMARTS) is 1. The van der Waals surface area contributed by atoms with Crippen molar-refractivity contribution in [2.45, 2.75) is 25.3 Å². The zero-order valence-electron chi connectivity index (χ0n) is 8.65. The van der Waals surface area contributed by atoms with E-state index in [-0.39, 0.29) is 6.04 Å². The molecule has 1 aromatic rings. The lowest BCUT2D eigenvalue weighted by Crippen LogP contribution is -2.37. The lowest BCUT2D eigenvalue weighted by atomic mass is 10.2. The van der Waals surface area contributed by atoms with Crippen LogP contribution in [0.4, 0.5) is 0 Å². The third-order valence-electron chi connectivity index (χ3n) is 2.98. The van der Waals surface area contributed by atoms with Crippen LogP contribution >= 0.6 is 0 Å². The number of H-pyrrole nitrogens is 1. The Hall–Kier alpha value is -1.29. The third-order valence-corrected chi connectivity index (χ3v) is 2.98. The first-order valence-electron chi connectivity index (χ1n) is 5.36. The Bertz CT molecular complexity index is 321. The van der Waals surface area contributed by atoms with Gasteiger partial charge in [0.25, 0.3) is 0 Å². The van der Waals surface area contributed by atoms with Crippen molar-refractivity contribution in [2.24, 2.45) is 0 Å². The van der Waals surface area contributed by atoms with E-state index in [4.69, 9.17) is 5.11 Å². The lowest BCUT2D eigenvalue weighted by Gasteiger charge is -2.20. The zero-order valence-corrected chi connectivity index (χ0v) is 8.65. The number of carbonyl (C=O) groups is 1. The molecule has 0 bridgehead atoms. The molecular formula is C11H16N2O2. The monoisotopic (exact) mass is 208 g/mol. The summed E-state index contributed by atoms with van der Waals surface area (Å²) in [6.45, 7) is 1.75. The molecule has 4 heteroatoms. The summed E-state index contributed by atoms with van der Waals surface area (Å²) in [5.74, 6) is -0.681. The van der Waals surface area contributed by atoms with Crippen LogP contribution in [0.1, 0.15) is 18.5 Å². The van der Waals surface area contributed by atoms with Crippen molar-refractivity contribution < 1.29 is 9.90 Å². The van der Waals surface area contributed by atoms with Crippen LogP contribution in [-0.2, 0) is 11.2 Å². The molecule has 2 rings (SSSR count). The molecule has 1 aliphatic heterocycles. The second kappa shape index (κ2) is 4.49. The quantitative estimate of drug-likeness (QED) is 0.779. The average Bonchev–Trinajstić information content (AvgIpc) is 2.86. The van der Waals surface area contributed by atoms with Gasteiger partial charge in [0.15, 0.2) is 0 Å². The van der Waals surface area contributed by atoms with E-state index in [1.54, 1.807) is 0 Å². The molecule has 0 aliphatic carbocycles. The SMILES string of the molecule is O=C(O)[C@@H]1CCCN1CCc1ccc[nH]1. The fourth-order valence-electron chi connectivity index (χ4n) is 2.16. The number of likely N-dealkylation sites (tertiary alicyclic amines) is 1. The van der Waals surface area contributed by atoms with Gasteiger partial charge < -0.3 is 10.1 Å². The number of aliphatic carboxylic acids is 1. The molecule has 4 nitrogen and oxygen atoms in total. The third kappa shape index (κ3) is 2.39. The molecule has 0 radical (unpaired) electrons. The largest absolute Gasteiger partial charge is 0.480 e. The minimum absolute atomic E-state index is 0.264. The zero-order chi connectivity index (χ0) is 10.7. The molecule has 1 saturated heterocycles. The maximum Gasteiger partial charge on any atom is 0.320 e. The van der Waals surface area contributed by atoms with E-state index in [1.165, 1.54) is 5.69 Å². The highest BCUT2D eigenvalue weighted by Crippen LogP contribution is 2.17. The Labute approximate surface area is 88.9 Å². The van der Waals surface area contributed by atoms with Gasteiger partial charge in [-0.05, 0) is 31.5 Å². The Morgan fingerprint density at radius 1 is 1.67 bits per heavy atom. The van der Waals surface area contributed by atoms with Gasteiger partial charge in [0.05, 0.1) is 0 Å². The second-order valence-corrected chi connectivity index (χ2v) is 3.98. The van der Waals surface area contributed by atoms with Crippen LogP contribution in [0.2, 0.25) is 0 Å². The van der Waals surface area contributed by atoms with Crippen LogP contribution in [-0.4, -0.2) is 40.1 Å². The maximum absolute atomic E-state index is 10.9. The number of hydrogen-bond acceptors (Lipinski definition) is 2. The highest BCUT2D eigenvalue weighted by molar-refractivity contribution is 5.73. The van der Waals surface area contributed by atoms with Crippen LogP contribution in [0.15, 0.2) is 18.3 Å². The molecule has 0 saturated carbocycles. The van der Waals surface area contributed by atoms with Crippen LogP contribution in [0, 0.1) is 0 Å². The number of nitrogens with zero attached hydrogens (tertiary/aromatic N) is 1. The second-order valence-electron chi connectivity index (χ2n) is 3.98. The number of nitrogens with one attached hydrogen (secondary N) is 1. The molecule has 0 amide bonds. The lowest BCUT2D eigenvalue weighted by molar-refractivity contribution is -0.142. The number of aromatic amines is 1. The minimum Gasteiger partial charge on any atom is -0.480 e. The molecule has 0 spiro atoms. The van der Waals surface area contributed by atoms with Crippen molar-refractivity contribution in [3.63, 3.8) is 0 Å². The Morgan fingerprint density at radius 3 is 3.20 bits per heavy atom. The normalized spacial score (nSPS) is 22.0. The molecule has 1 fully saturated rings. The van der Waals surface area contributed by atoms with E-state index in [9.17, 15) is 4.79 Å². The number of carboxylic acids is 1. The predicted octanol–water partition coefficient (Wildman–Crippen LogP) is 1.11. The standard InChI is InChI=1S/C11H16N2O2/c14-11(15)10-4-2-7-13(10)8-5-9-3-1-6-12-9/h1,3,6,10,12H,2,4-5,7-8H2,(H,14,15)/t10-/m0/s1.